The van der Waals surface area contributed by atoms with E-state index in [1.165, 1.54) is 0 Å². The summed E-state index contributed by atoms with van der Waals surface area (Å²) in [6.07, 6.45) is -0.719. The van der Waals surface area contributed by atoms with Gasteiger partial charge in [-0.1, -0.05) is 37.9 Å². The van der Waals surface area contributed by atoms with Crippen LogP contribution in [0.15, 0.2) is 45.3 Å². The van der Waals surface area contributed by atoms with E-state index in [2.05, 4.69) is 31.9 Å². The first-order valence-electron chi connectivity index (χ1n) is 5.80. The Morgan fingerprint density at radius 3 is 2.42 bits per heavy atom. The molecule has 2 nitrogen and oxygen atoms in total. The predicted molar refractivity (Wildman–Crippen MR) is 83.6 cm³/mol. The van der Waals surface area contributed by atoms with E-state index in [1.807, 2.05) is 43.3 Å². The van der Waals surface area contributed by atoms with Crippen LogP contribution in [0, 0.1) is 6.92 Å². The molecule has 0 fully saturated rings. The molecule has 1 unspecified atom stereocenters. The summed E-state index contributed by atoms with van der Waals surface area (Å²) >= 11 is 6.87. The summed E-state index contributed by atoms with van der Waals surface area (Å²) in [5, 5.41) is 10.6. The van der Waals surface area contributed by atoms with Crippen LogP contribution in [0.25, 0.3) is 0 Å². The number of aliphatic hydroxyl groups excluding tert-OH is 1. The van der Waals surface area contributed by atoms with E-state index >= 15 is 0 Å². The molecule has 1 N–H and O–H groups in total. The minimum atomic E-state index is -0.719. The van der Waals surface area contributed by atoms with E-state index in [0.29, 0.717) is 5.75 Å². The Morgan fingerprint density at radius 2 is 1.79 bits per heavy atom. The van der Waals surface area contributed by atoms with Crippen molar-refractivity contribution in [3.05, 3.63) is 62.0 Å². The molecule has 0 heterocycles. The van der Waals surface area contributed by atoms with Crippen molar-refractivity contribution in [2.75, 3.05) is 7.11 Å². The molecule has 0 saturated heterocycles. The standard InChI is InChI=1S/C15H14Br2O2/c1-9-5-10(7-12(17)6-9)15(18)13-8-11(16)3-4-14(13)19-2/h3-8,15,18H,1-2H3. The fourth-order valence-electron chi connectivity index (χ4n) is 2.02. The topological polar surface area (TPSA) is 29.5 Å². The molecule has 0 bridgehead atoms. The van der Waals surface area contributed by atoms with Crippen molar-refractivity contribution >= 4 is 31.9 Å². The lowest BCUT2D eigenvalue weighted by molar-refractivity contribution is 0.214. The molecule has 0 aromatic heterocycles. The molecule has 4 heteroatoms. The van der Waals surface area contributed by atoms with E-state index in [-0.39, 0.29) is 0 Å². The Kier molecular flexibility index (Phi) is 4.66. The van der Waals surface area contributed by atoms with E-state index in [1.54, 1.807) is 7.11 Å². The zero-order valence-electron chi connectivity index (χ0n) is 10.7. The Bertz CT molecular complexity index is 576. The second-order valence-corrected chi connectivity index (χ2v) is 6.18. The van der Waals surface area contributed by atoms with Crippen LogP contribution in [0.5, 0.6) is 5.75 Å². The van der Waals surface area contributed by atoms with Gasteiger partial charge in [0.1, 0.15) is 11.9 Å². The molecule has 0 aliphatic carbocycles. The molecule has 19 heavy (non-hydrogen) atoms. The molecule has 0 spiro atoms. The largest absolute Gasteiger partial charge is 0.496 e. The highest BCUT2D eigenvalue weighted by molar-refractivity contribution is 9.10. The third-order valence-electron chi connectivity index (χ3n) is 2.87. The first kappa shape index (κ1) is 14.6. The molecule has 0 aliphatic heterocycles. The van der Waals surface area contributed by atoms with Gasteiger partial charge in [-0.3, -0.25) is 0 Å². The van der Waals surface area contributed by atoms with Crippen LogP contribution in [0.1, 0.15) is 22.8 Å². The van der Waals surface area contributed by atoms with E-state index in [9.17, 15) is 5.11 Å². The van der Waals surface area contributed by atoms with Gasteiger partial charge >= 0.3 is 0 Å². The molecule has 2 rings (SSSR count). The number of halogens is 2. The maximum Gasteiger partial charge on any atom is 0.125 e. The molecule has 2 aromatic rings. The first-order valence-corrected chi connectivity index (χ1v) is 7.38. The van der Waals surface area contributed by atoms with Gasteiger partial charge in [-0.25, -0.2) is 0 Å². The summed E-state index contributed by atoms with van der Waals surface area (Å²) in [7, 11) is 1.60. The number of ether oxygens (including phenoxy) is 1. The Balaban J connectivity index is 2.48. The van der Waals surface area contributed by atoms with Crippen molar-refractivity contribution in [1.82, 2.24) is 0 Å². The highest BCUT2D eigenvalue weighted by Crippen LogP contribution is 2.33. The Labute approximate surface area is 129 Å². The number of aliphatic hydroxyl groups is 1. The Hall–Kier alpha value is -0.840. The van der Waals surface area contributed by atoms with Crippen LogP contribution >= 0.6 is 31.9 Å². The Morgan fingerprint density at radius 1 is 1.05 bits per heavy atom. The zero-order chi connectivity index (χ0) is 14.0. The average Bonchev–Trinajstić information content (AvgIpc) is 2.36. The number of rotatable bonds is 3. The lowest BCUT2D eigenvalue weighted by atomic mass is 9.99. The van der Waals surface area contributed by atoms with Crippen LogP contribution in [0.4, 0.5) is 0 Å². The summed E-state index contributed by atoms with van der Waals surface area (Å²) in [6.45, 7) is 2.00. The van der Waals surface area contributed by atoms with Crippen molar-refractivity contribution in [1.29, 1.82) is 0 Å². The molecular formula is C15H14Br2O2. The summed E-state index contributed by atoms with van der Waals surface area (Å²) in [5.74, 6) is 0.674. The van der Waals surface area contributed by atoms with Crippen molar-refractivity contribution < 1.29 is 9.84 Å². The van der Waals surface area contributed by atoms with Gasteiger partial charge in [0.25, 0.3) is 0 Å². The molecular weight excluding hydrogens is 372 g/mol. The van der Waals surface area contributed by atoms with Crippen LogP contribution in [0.2, 0.25) is 0 Å². The first-order chi connectivity index (χ1) is 9.01. The second kappa shape index (κ2) is 6.07. The monoisotopic (exact) mass is 384 g/mol. The van der Waals surface area contributed by atoms with Crippen LogP contribution < -0.4 is 4.74 Å². The average molecular weight is 386 g/mol. The third kappa shape index (κ3) is 3.38. The number of hydrogen-bond acceptors (Lipinski definition) is 2. The fourth-order valence-corrected chi connectivity index (χ4v) is 3.03. The summed E-state index contributed by atoms with van der Waals surface area (Å²) in [6, 6.07) is 11.5. The van der Waals surface area contributed by atoms with Gasteiger partial charge in [-0.05, 0) is 48.4 Å². The van der Waals surface area contributed by atoms with Gasteiger partial charge in [-0.15, -0.1) is 0 Å². The normalized spacial score (nSPS) is 12.3. The molecule has 0 amide bonds. The summed E-state index contributed by atoms with van der Waals surface area (Å²) < 4.78 is 7.18. The highest BCUT2D eigenvalue weighted by Gasteiger charge is 2.16. The van der Waals surface area contributed by atoms with Crippen LogP contribution in [-0.4, -0.2) is 12.2 Å². The zero-order valence-corrected chi connectivity index (χ0v) is 13.8. The molecule has 1 atom stereocenters. The van der Waals surface area contributed by atoms with Crippen LogP contribution in [0.3, 0.4) is 0 Å². The molecule has 0 aliphatic rings. The second-order valence-electron chi connectivity index (χ2n) is 4.35. The number of methoxy groups -OCH3 is 1. The van der Waals surface area contributed by atoms with Gasteiger partial charge in [0.2, 0.25) is 0 Å². The molecule has 0 saturated carbocycles. The lowest BCUT2D eigenvalue weighted by Gasteiger charge is -2.16. The molecule has 0 radical (unpaired) electrons. The highest BCUT2D eigenvalue weighted by atomic mass is 79.9. The van der Waals surface area contributed by atoms with Gasteiger partial charge in [0, 0.05) is 14.5 Å². The lowest BCUT2D eigenvalue weighted by Crippen LogP contribution is -2.03. The van der Waals surface area contributed by atoms with Crippen molar-refractivity contribution in [2.24, 2.45) is 0 Å². The number of benzene rings is 2. The van der Waals surface area contributed by atoms with Crippen molar-refractivity contribution in [3.8, 4) is 5.75 Å². The number of aryl methyl sites for hydroxylation is 1. The summed E-state index contributed by atoms with van der Waals surface area (Å²) in [4.78, 5) is 0. The number of hydrogen-bond donors (Lipinski definition) is 1. The van der Waals surface area contributed by atoms with Gasteiger partial charge < -0.3 is 9.84 Å². The van der Waals surface area contributed by atoms with Gasteiger partial charge in [-0.2, -0.15) is 0 Å². The molecule has 100 valence electrons. The smallest absolute Gasteiger partial charge is 0.125 e. The summed E-state index contributed by atoms with van der Waals surface area (Å²) in [5.41, 5.74) is 2.68. The van der Waals surface area contributed by atoms with Gasteiger partial charge in [0.05, 0.1) is 7.11 Å². The maximum atomic E-state index is 10.6. The quantitative estimate of drug-likeness (QED) is 0.835. The fraction of sp³-hybridized carbons (Fsp3) is 0.200. The van der Waals surface area contributed by atoms with Crippen molar-refractivity contribution in [2.45, 2.75) is 13.0 Å². The van der Waals surface area contributed by atoms with Gasteiger partial charge in [0.15, 0.2) is 0 Å². The SMILES string of the molecule is COc1ccc(Br)cc1C(O)c1cc(C)cc(Br)c1. The van der Waals surface area contributed by atoms with Crippen LogP contribution in [-0.2, 0) is 0 Å². The van der Waals surface area contributed by atoms with E-state index < -0.39 is 6.10 Å². The van der Waals surface area contributed by atoms with Crippen molar-refractivity contribution in [3.63, 3.8) is 0 Å². The van der Waals surface area contributed by atoms with E-state index in [4.69, 9.17) is 4.74 Å². The maximum absolute atomic E-state index is 10.6. The minimum Gasteiger partial charge on any atom is -0.496 e. The third-order valence-corrected chi connectivity index (χ3v) is 3.82. The minimum absolute atomic E-state index is 0.674. The molecule has 2 aromatic carbocycles. The predicted octanol–water partition coefficient (Wildman–Crippen LogP) is 4.61. The van der Waals surface area contributed by atoms with E-state index in [0.717, 1.165) is 25.6 Å².